The first-order valence-corrected chi connectivity index (χ1v) is 6.86. The summed E-state index contributed by atoms with van der Waals surface area (Å²) in [5.74, 6) is 0.452. The number of aliphatic imine (C=N–C) groups is 2. The van der Waals surface area contributed by atoms with Gasteiger partial charge < -0.3 is 16.8 Å². The van der Waals surface area contributed by atoms with Crippen LogP contribution in [0, 0.1) is 3.57 Å². The molecule has 0 aliphatic carbocycles. The normalized spacial score (nSPS) is 12.6. The molecule has 1 aromatic rings. The summed E-state index contributed by atoms with van der Waals surface area (Å²) in [5.41, 5.74) is 12.2. The predicted octanol–water partition coefficient (Wildman–Crippen LogP) is 2.13. The molecule has 0 amide bonds. The number of rotatable bonds is 4. The van der Waals surface area contributed by atoms with Gasteiger partial charge in [-0.25, -0.2) is 0 Å². The number of halogens is 1. The van der Waals surface area contributed by atoms with Gasteiger partial charge in [0.25, 0.3) is 0 Å². The van der Waals surface area contributed by atoms with E-state index in [2.05, 4.69) is 44.8 Å². The van der Waals surface area contributed by atoms with E-state index in [-0.39, 0.29) is 11.9 Å². The van der Waals surface area contributed by atoms with Crippen molar-refractivity contribution in [1.29, 1.82) is 0 Å². The second-order valence-electron chi connectivity index (χ2n) is 3.72. The lowest BCUT2D eigenvalue weighted by molar-refractivity contribution is 0.806. The maximum absolute atomic E-state index is 5.73. The fraction of sp³-hybridized carbons (Fsp3) is 0.333. The number of benzene rings is 1. The van der Waals surface area contributed by atoms with E-state index < -0.39 is 0 Å². The minimum atomic E-state index is 0.207. The Balaban J connectivity index is 2.56. The first-order chi connectivity index (χ1) is 8.61. The van der Waals surface area contributed by atoms with Crippen LogP contribution < -0.4 is 16.8 Å². The number of anilines is 1. The number of guanidine groups is 2. The zero-order chi connectivity index (χ0) is 13.4. The molecular weight excluding hydrogens is 341 g/mol. The molecule has 0 fully saturated rings. The van der Waals surface area contributed by atoms with Crippen LogP contribution in [-0.2, 0) is 0 Å². The van der Waals surface area contributed by atoms with Crippen LogP contribution in [-0.4, -0.2) is 18.5 Å². The number of nitrogens with one attached hydrogen (secondary N) is 1. The second kappa shape index (κ2) is 7.91. The number of hydrogen-bond acceptors (Lipinski definition) is 1. The van der Waals surface area contributed by atoms with Crippen molar-refractivity contribution in [2.45, 2.75) is 19.8 Å². The lowest BCUT2D eigenvalue weighted by Crippen LogP contribution is -2.26. The van der Waals surface area contributed by atoms with Crippen LogP contribution in [0.4, 0.5) is 5.69 Å². The Labute approximate surface area is 121 Å². The number of unbranched alkanes of at least 4 members (excludes halogenated alkanes) is 1. The maximum Gasteiger partial charge on any atom is 0.218 e. The zero-order valence-corrected chi connectivity index (χ0v) is 12.5. The van der Waals surface area contributed by atoms with Crippen molar-refractivity contribution in [1.82, 2.24) is 0 Å². The van der Waals surface area contributed by atoms with Gasteiger partial charge in [0.15, 0.2) is 0 Å². The summed E-state index contributed by atoms with van der Waals surface area (Å²) in [7, 11) is 0. The molecule has 0 radical (unpaired) electrons. The van der Waals surface area contributed by atoms with Crippen molar-refractivity contribution in [3.63, 3.8) is 0 Å². The van der Waals surface area contributed by atoms with Crippen molar-refractivity contribution in [3.8, 4) is 0 Å². The topological polar surface area (TPSA) is 88.8 Å². The van der Waals surface area contributed by atoms with E-state index in [0.717, 1.165) is 22.1 Å². The van der Waals surface area contributed by atoms with Gasteiger partial charge in [0.1, 0.15) is 0 Å². The molecule has 0 saturated carbocycles. The number of nitrogens with zero attached hydrogens (tertiary/aromatic N) is 2. The molecule has 0 heterocycles. The van der Waals surface area contributed by atoms with Crippen LogP contribution in [0.5, 0.6) is 0 Å². The molecule has 0 aromatic heterocycles. The Hall–Kier alpha value is -1.31. The fourth-order valence-electron chi connectivity index (χ4n) is 1.22. The van der Waals surface area contributed by atoms with E-state index in [1.807, 2.05) is 24.3 Å². The minimum absolute atomic E-state index is 0.207. The lowest BCUT2D eigenvalue weighted by Gasteiger charge is -2.05. The van der Waals surface area contributed by atoms with Crippen LogP contribution in [0.1, 0.15) is 19.8 Å². The molecule has 18 heavy (non-hydrogen) atoms. The molecule has 0 bridgehead atoms. The van der Waals surface area contributed by atoms with E-state index in [4.69, 9.17) is 11.5 Å². The van der Waals surface area contributed by atoms with E-state index in [9.17, 15) is 0 Å². The Bertz CT molecular complexity index is 425. The maximum atomic E-state index is 5.73. The predicted molar refractivity (Wildman–Crippen MR) is 85.8 cm³/mol. The molecule has 1 rings (SSSR count). The van der Waals surface area contributed by atoms with Gasteiger partial charge in [-0.05, 0) is 53.3 Å². The Morgan fingerprint density at radius 2 is 1.94 bits per heavy atom. The molecule has 5 N–H and O–H groups in total. The first-order valence-electron chi connectivity index (χ1n) is 5.78. The summed E-state index contributed by atoms with van der Waals surface area (Å²) in [6.45, 7) is 2.78. The van der Waals surface area contributed by atoms with Crippen molar-refractivity contribution < 1.29 is 0 Å². The molecule has 5 nitrogen and oxygen atoms in total. The van der Waals surface area contributed by atoms with Crippen LogP contribution >= 0.6 is 22.6 Å². The largest absolute Gasteiger partial charge is 0.369 e. The quantitative estimate of drug-likeness (QED) is 0.333. The van der Waals surface area contributed by atoms with E-state index in [1.54, 1.807) is 0 Å². The van der Waals surface area contributed by atoms with Crippen molar-refractivity contribution in [2.24, 2.45) is 21.5 Å². The second-order valence-corrected chi connectivity index (χ2v) is 4.97. The molecule has 0 unspecified atom stereocenters. The summed E-state index contributed by atoms with van der Waals surface area (Å²) in [5, 5.41) is 2.95. The number of hydrogen-bond donors (Lipinski definition) is 3. The summed E-state index contributed by atoms with van der Waals surface area (Å²) < 4.78 is 1.16. The summed E-state index contributed by atoms with van der Waals surface area (Å²) in [6, 6.07) is 7.81. The molecule has 0 atom stereocenters. The van der Waals surface area contributed by atoms with Crippen molar-refractivity contribution >= 4 is 40.2 Å². The SMILES string of the molecule is CCCCN=C(N)N=C(N)Nc1ccc(I)cc1. The Kier molecular flexibility index (Phi) is 6.48. The third-order valence-electron chi connectivity index (χ3n) is 2.14. The van der Waals surface area contributed by atoms with Crippen molar-refractivity contribution in [2.75, 3.05) is 11.9 Å². The molecule has 0 aliphatic heterocycles. The Morgan fingerprint density at radius 3 is 2.56 bits per heavy atom. The standard InChI is InChI=1S/C12H18IN5/c1-2-3-8-16-11(14)18-12(15)17-10-6-4-9(13)5-7-10/h4-7H,2-3,8H2,1H3,(H5,14,15,16,17,18). The third-order valence-corrected chi connectivity index (χ3v) is 2.86. The van der Waals surface area contributed by atoms with Crippen LogP contribution in [0.15, 0.2) is 34.3 Å². The monoisotopic (exact) mass is 359 g/mol. The van der Waals surface area contributed by atoms with E-state index in [0.29, 0.717) is 6.54 Å². The van der Waals surface area contributed by atoms with Crippen LogP contribution in [0.25, 0.3) is 0 Å². The van der Waals surface area contributed by atoms with Gasteiger partial charge in [0.05, 0.1) is 0 Å². The Morgan fingerprint density at radius 1 is 1.28 bits per heavy atom. The molecule has 0 aliphatic rings. The van der Waals surface area contributed by atoms with Crippen molar-refractivity contribution in [3.05, 3.63) is 27.8 Å². The highest BCUT2D eigenvalue weighted by Crippen LogP contribution is 2.10. The molecule has 0 saturated heterocycles. The first kappa shape index (κ1) is 14.7. The highest BCUT2D eigenvalue weighted by molar-refractivity contribution is 14.1. The number of nitrogens with two attached hydrogens (primary N) is 2. The average Bonchev–Trinajstić information content (AvgIpc) is 2.32. The highest BCUT2D eigenvalue weighted by atomic mass is 127. The summed E-state index contributed by atoms with van der Waals surface area (Å²) >= 11 is 2.24. The molecular formula is C12H18IN5. The van der Waals surface area contributed by atoms with Gasteiger partial charge in [-0.1, -0.05) is 13.3 Å². The van der Waals surface area contributed by atoms with Gasteiger partial charge in [-0.2, -0.15) is 4.99 Å². The summed E-state index contributed by atoms with van der Waals surface area (Å²) in [6.07, 6.45) is 2.08. The molecule has 98 valence electrons. The van der Waals surface area contributed by atoms with Gasteiger partial charge in [0, 0.05) is 15.8 Å². The molecule has 6 heteroatoms. The van der Waals surface area contributed by atoms with Gasteiger partial charge >= 0.3 is 0 Å². The van der Waals surface area contributed by atoms with Crippen LogP contribution in [0.3, 0.4) is 0 Å². The summed E-state index contributed by atoms with van der Waals surface area (Å²) in [4.78, 5) is 8.07. The van der Waals surface area contributed by atoms with E-state index in [1.165, 1.54) is 0 Å². The van der Waals surface area contributed by atoms with Crippen LogP contribution in [0.2, 0.25) is 0 Å². The highest BCUT2D eigenvalue weighted by Gasteiger charge is 1.96. The minimum Gasteiger partial charge on any atom is -0.369 e. The third kappa shape index (κ3) is 5.85. The molecule has 1 aromatic carbocycles. The zero-order valence-electron chi connectivity index (χ0n) is 10.4. The van der Waals surface area contributed by atoms with E-state index >= 15 is 0 Å². The fourth-order valence-corrected chi connectivity index (χ4v) is 1.58. The molecule has 0 spiro atoms. The smallest absolute Gasteiger partial charge is 0.218 e. The van der Waals surface area contributed by atoms with Gasteiger partial charge in [0.2, 0.25) is 11.9 Å². The van der Waals surface area contributed by atoms with Gasteiger partial charge in [-0.3, -0.25) is 4.99 Å². The average molecular weight is 359 g/mol. The lowest BCUT2D eigenvalue weighted by atomic mass is 10.3. The van der Waals surface area contributed by atoms with Gasteiger partial charge in [-0.15, -0.1) is 0 Å².